The van der Waals surface area contributed by atoms with Gasteiger partial charge in [0.05, 0.1) is 21.3 Å². The third-order valence-electron chi connectivity index (χ3n) is 4.29. The molecule has 0 saturated heterocycles. The predicted octanol–water partition coefficient (Wildman–Crippen LogP) is 1.92. The van der Waals surface area contributed by atoms with E-state index in [1.807, 2.05) is 0 Å². The molecule has 0 aliphatic rings. The van der Waals surface area contributed by atoms with Crippen molar-refractivity contribution >= 4 is 11.8 Å². The molecule has 3 aromatic rings. The molecular weight excluding hydrogens is 404 g/mol. The van der Waals surface area contributed by atoms with E-state index in [1.165, 1.54) is 21.3 Å². The first kappa shape index (κ1) is 21.6. The highest BCUT2D eigenvalue weighted by Gasteiger charge is 2.17. The standard InChI is InChI=1S/C21H22N4O6/c1-28-15-6-4-5-14(11-15)19(26)22-9-10-23-20(27)21-24-18(25-31-21)13-7-8-16(29-2)17(12-13)30-3/h4-8,11-12H,9-10H2,1-3H3,(H,22,26)(H,23,27). The lowest BCUT2D eigenvalue weighted by Gasteiger charge is -2.07. The Morgan fingerprint density at radius 2 is 1.65 bits per heavy atom. The first-order valence-electron chi connectivity index (χ1n) is 9.32. The van der Waals surface area contributed by atoms with Crippen LogP contribution in [0.1, 0.15) is 21.0 Å². The minimum Gasteiger partial charge on any atom is -0.497 e. The van der Waals surface area contributed by atoms with Crippen LogP contribution in [0.5, 0.6) is 17.2 Å². The number of carbonyl (C=O) groups excluding carboxylic acids is 2. The van der Waals surface area contributed by atoms with Crippen LogP contribution in [0.15, 0.2) is 47.0 Å². The minimum absolute atomic E-state index is 0.183. The Morgan fingerprint density at radius 3 is 2.35 bits per heavy atom. The lowest BCUT2D eigenvalue weighted by Crippen LogP contribution is -2.34. The van der Waals surface area contributed by atoms with E-state index in [0.717, 1.165) is 0 Å². The van der Waals surface area contributed by atoms with Crippen LogP contribution in [0, 0.1) is 0 Å². The van der Waals surface area contributed by atoms with Gasteiger partial charge in [0.25, 0.3) is 5.91 Å². The fourth-order valence-corrected chi connectivity index (χ4v) is 2.70. The fourth-order valence-electron chi connectivity index (χ4n) is 2.70. The maximum absolute atomic E-state index is 12.2. The van der Waals surface area contributed by atoms with E-state index < -0.39 is 5.91 Å². The molecule has 2 N–H and O–H groups in total. The Hall–Kier alpha value is -4.08. The SMILES string of the molecule is COc1cccc(C(=O)NCCNC(=O)c2nc(-c3ccc(OC)c(OC)c3)no2)c1. The molecule has 0 bridgehead atoms. The van der Waals surface area contributed by atoms with Gasteiger partial charge in [-0.3, -0.25) is 9.59 Å². The summed E-state index contributed by atoms with van der Waals surface area (Å²) >= 11 is 0. The van der Waals surface area contributed by atoms with E-state index in [1.54, 1.807) is 42.5 Å². The maximum atomic E-state index is 12.2. The van der Waals surface area contributed by atoms with Crippen LogP contribution >= 0.6 is 0 Å². The zero-order chi connectivity index (χ0) is 22.2. The van der Waals surface area contributed by atoms with Crippen molar-refractivity contribution in [3.63, 3.8) is 0 Å². The number of nitrogens with zero attached hydrogens (tertiary/aromatic N) is 2. The monoisotopic (exact) mass is 426 g/mol. The largest absolute Gasteiger partial charge is 0.497 e. The summed E-state index contributed by atoms with van der Waals surface area (Å²) in [7, 11) is 4.58. The molecule has 3 rings (SSSR count). The van der Waals surface area contributed by atoms with E-state index in [0.29, 0.717) is 28.4 Å². The van der Waals surface area contributed by atoms with Crippen molar-refractivity contribution in [3.05, 3.63) is 53.9 Å². The molecular formula is C21H22N4O6. The summed E-state index contributed by atoms with van der Waals surface area (Å²) < 4.78 is 20.6. The first-order valence-corrected chi connectivity index (χ1v) is 9.32. The molecule has 2 aromatic carbocycles. The Morgan fingerprint density at radius 1 is 0.903 bits per heavy atom. The molecule has 31 heavy (non-hydrogen) atoms. The van der Waals surface area contributed by atoms with Crippen LogP contribution in [0.25, 0.3) is 11.4 Å². The summed E-state index contributed by atoms with van der Waals surface area (Å²) in [5.41, 5.74) is 1.06. The maximum Gasteiger partial charge on any atom is 0.316 e. The molecule has 10 heteroatoms. The van der Waals surface area contributed by atoms with Crippen molar-refractivity contribution in [1.29, 1.82) is 0 Å². The van der Waals surface area contributed by atoms with Crippen LogP contribution in [-0.4, -0.2) is 56.4 Å². The number of amides is 2. The van der Waals surface area contributed by atoms with Gasteiger partial charge < -0.3 is 29.4 Å². The van der Waals surface area contributed by atoms with Gasteiger partial charge in [-0.25, -0.2) is 0 Å². The van der Waals surface area contributed by atoms with Gasteiger partial charge >= 0.3 is 11.8 Å². The van der Waals surface area contributed by atoms with Gasteiger partial charge in [0.15, 0.2) is 11.5 Å². The highest BCUT2D eigenvalue weighted by atomic mass is 16.5. The molecule has 0 radical (unpaired) electrons. The van der Waals surface area contributed by atoms with Crippen molar-refractivity contribution in [1.82, 2.24) is 20.8 Å². The molecule has 0 atom stereocenters. The number of carbonyl (C=O) groups is 2. The Bertz CT molecular complexity index is 1070. The number of aromatic nitrogens is 2. The van der Waals surface area contributed by atoms with Crippen molar-refractivity contribution in [2.24, 2.45) is 0 Å². The lowest BCUT2D eigenvalue weighted by atomic mass is 10.2. The first-order chi connectivity index (χ1) is 15.0. The van der Waals surface area contributed by atoms with E-state index in [2.05, 4.69) is 20.8 Å². The van der Waals surface area contributed by atoms with E-state index in [9.17, 15) is 9.59 Å². The third-order valence-corrected chi connectivity index (χ3v) is 4.29. The van der Waals surface area contributed by atoms with Gasteiger partial charge in [-0.05, 0) is 36.4 Å². The topological polar surface area (TPSA) is 125 Å². The number of hydrogen-bond donors (Lipinski definition) is 2. The molecule has 0 saturated carbocycles. The Balaban J connectivity index is 1.53. The van der Waals surface area contributed by atoms with E-state index in [4.69, 9.17) is 18.7 Å². The summed E-state index contributed by atoms with van der Waals surface area (Å²) in [5.74, 6) is 0.867. The summed E-state index contributed by atoms with van der Waals surface area (Å²) in [6, 6.07) is 11.9. The second-order valence-corrected chi connectivity index (χ2v) is 6.24. The molecule has 1 aromatic heterocycles. The second-order valence-electron chi connectivity index (χ2n) is 6.24. The Kier molecular flexibility index (Phi) is 7.05. The summed E-state index contributed by atoms with van der Waals surface area (Å²) in [4.78, 5) is 28.5. The molecule has 0 spiro atoms. The summed E-state index contributed by atoms with van der Waals surface area (Å²) in [6.07, 6.45) is 0. The zero-order valence-electron chi connectivity index (χ0n) is 17.3. The predicted molar refractivity (Wildman–Crippen MR) is 110 cm³/mol. The zero-order valence-corrected chi connectivity index (χ0v) is 17.3. The smallest absolute Gasteiger partial charge is 0.316 e. The van der Waals surface area contributed by atoms with Gasteiger partial charge in [0.2, 0.25) is 5.82 Å². The number of ether oxygens (including phenoxy) is 3. The van der Waals surface area contributed by atoms with Crippen molar-refractivity contribution in [3.8, 4) is 28.6 Å². The normalized spacial score (nSPS) is 10.3. The fraction of sp³-hybridized carbons (Fsp3) is 0.238. The molecule has 0 unspecified atom stereocenters. The highest BCUT2D eigenvalue weighted by molar-refractivity contribution is 5.94. The van der Waals surface area contributed by atoms with Gasteiger partial charge in [0.1, 0.15) is 5.75 Å². The number of methoxy groups -OCH3 is 3. The molecule has 0 aliphatic heterocycles. The summed E-state index contributed by atoms with van der Waals surface area (Å²) in [6.45, 7) is 0.404. The van der Waals surface area contributed by atoms with Crippen molar-refractivity contribution in [2.45, 2.75) is 0 Å². The molecule has 162 valence electrons. The van der Waals surface area contributed by atoms with Crippen LogP contribution in [0.2, 0.25) is 0 Å². The van der Waals surface area contributed by atoms with Crippen molar-refractivity contribution in [2.75, 3.05) is 34.4 Å². The van der Waals surface area contributed by atoms with Crippen LogP contribution in [0.4, 0.5) is 0 Å². The molecule has 10 nitrogen and oxygen atoms in total. The number of rotatable bonds is 9. The quantitative estimate of drug-likeness (QED) is 0.497. The molecule has 0 fully saturated rings. The van der Waals surface area contributed by atoms with Gasteiger partial charge in [-0.1, -0.05) is 11.2 Å². The lowest BCUT2D eigenvalue weighted by molar-refractivity contribution is 0.0898. The molecule has 0 aliphatic carbocycles. The highest BCUT2D eigenvalue weighted by Crippen LogP contribution is 2.31. The second kappa shape index (κ2) is 10.1. The van der Waals surface area contributed by atoms with E-state index in [-0.39, 0.29) is 30.7 Å². The Labute approximate surface area is 178 Å². The number of nitrogens with one attached hydrogen (secondary N) is 2. The average molecular weight is 426 g/mol. The molecule has 2 amide bonds. The van der Waals surface area contributed by atoms with Crippen molar-refractivity contribution < 1.29 is 28.3 Å². The van der Waals surface area contributed by atoms with Crippen LogP contribution in [-0.2, 0) is 0 Å². The van der Waals surface area contributed by atoms with Gasteiger partial charge in [0, 0.05) is 24.2 Å². The molecule has 1 heterocycles. The third kappa shape index (κ3) is 5.30. The average Bonchev–Trinajstić information content (AvgIpc) is 3.31. The van der Waals surface area contributed by atoms with Crippen LogP contribution < -0.4 is 24.8 Å². The van der Waals surface area contributed by atoms with Gasteiger partial charge in [-0.2, -0.15) is 4.98 Å². The minimum atomic E-state index is -0.546. The summed E-state index contributed by atoms with van der Waals surface area (Å²) in [5, 5.41) is 9.15. The van der Waals surface area contributed by atoms with Gasteiger partial charge in [-0.15, -0.1) is 0 Å². The van der Waals surface area contributed by atoms with Crippen LogP contribution in [0.3, 0.4) is 0 Å². The van der Waals surface area contributed by atoms with E-state index >= 15 is 0 Å². The number of benzene rings is 2. The number of hydrogen-bond acceptors (Lipinski definition) is 8.